The van der Waals surface area contributed by atoms with Crippen molar-refractivity contribution in [1.29, 1.82) is 0 Å². The Balaban J connectivity index is 1.72. The van der Waals surface area contributed by atoms with Crippen LogP contribution in [-0.4, -0.2) is 41.2 Å². The number of likely N-dealkylation sites (tertiary alicyclic amines) is 1. The summed E-state index contributed by atoms with van der Waals surface area (Å²) in [6, 6.07) is 0. The van der Waals surface area contributed by atoms with Crippen molar-refractivity contribution in [2.24, 2.45) is 17.3 Å². The molecule has 1 heterocycles. The number of carbonyl (C=O) groups excluding carboxylic acids is 4. The average Bonchev–Trinajstić information content (AvgIpc) is 2.56. The highest BCUT2D eigenvalue weighted by Gasteiger charge is 2.48. The summed E-state index contributed by atoms with van der Waals surface area (Å²) in [5.41, 5.74) is 3.08. The second kappa shape index (κ2) is 7.76. The Labute approximate surface area is 167 Å². The molecule has 1 aliphatic heterocycles. The minimum absolute atomic E-state index is 0.0499. The zero-order valence-electron chi connectivity index (χ0n) is 17.5. The number of nitrogens with zero attached hydrogens (tertiary/aromatic N) is 1. The maximum atomic E-state index is 13.1. The smallest absolute Gasteiger partial charge is 0.230 e. The van der Waals surface area contributed by atoms with Gasteiger partial charge in [-0.25, -0.2) is 0 Å². The van der Waals surface area contributed by atoms with Crippen LogP contribution in [0, 0.1) is 17.3 Å². The molecule has 0 radical (unpaired) electrons. The van der Waals surface area contributed by atoms with Gasteiger partial charge < -0.3 is 4.90 Å². The zero-order valence-corrected chi connectivity index (χ0v) is 17.5. The topological polar surface area (TPSA) is 71.5 Å². The summed E-state index contributed by atoms with van der Waals surface area (Å²) in [6.07, 6.45) is 5.11. The fraction of sp³-hybridized carbons (Fsp3) is 0.652. The third-order valence-electron chi connectivity index (χ3n) is 6.71. The maximum Gasteiger partial charge on any atom is 0.230 e. The Morgan fingerprint density at radius 3 is 2.18 bits per heavy atom. The molecular weight excluding hydrogens is 354 g/mol. The molecule has 0 aromatic carbocycles. The van der Waals surface area contributed by atoms with Gasteiger partial charge in [0.2, 0.25) is 5.91 Å². The van der Waals surface area contributed by atoms with Crippen molar-refractivity contribution in [3.8, 4) is 0 Å². The van der Waals surface area contributed by atoms with Gasteiger partial charge in [0.15, 0.2) is 0 Å². The number of rotatable bonds is 3. The van der Waals surface area contributed by atoms with Crippen LogP contribution in [0.3, 0.4) is 0 Å². The van der Waals surface area contributed by atoms with Gasteiger partial charge in [-0.1, -0.05) is 24.1 Å². The molecule has 1 saturated carbocycles. The number of allylic oxidation sites excluding steroid dienone is 4. The third kappa shape index (κ3) is 4.03. The highest BCUT2D eigenvalue weighted by molar-refractivity contribution is 6.08. The molecule has 2 aliphatic carbocycles. The Bertz CT molecular complexity index is 760. The second-order valence-corrected chi connectivity index (χ2v) is 9.21. The summed E-state index contributed by atoms with van der Waals surface area (Å²) >= 11 is 0. The summed E-state index contributed by atoms with van der Waals surface area (Å²) in [6.45, 7) is 8.69. The summed E-state index contributed by atoms with van der Waals surface area (Å²) in [7, 11) is 0. The molecule has 0 aromatic rings. The van der Waals surface area contributed by atoms with Crippen molar-refractivity contribution < 1.29 is 19.2 Å². The Kier molecular flexibility index (Phi) is 5.74. The Morgan fingerprint density at radius 1 is 1.11 bits per heavy atom. The van der Waals surface area contributed by atoms with E-state index in [0.29, 0.717) is 38.8 Å². The quantitative estimate of drug-likeness (QED) is 0.698. The summed E-state index contributed by atoms with van der Waals surface area (Å²) in [4.78, 5) is 51.2. The van der Waals surface area contributed by atoms with Crippen molar-refractivity contribution in [2.45, 2.75) is 66.2 Å². The molecule has 1 spiro atoms. The highest BCUT2D eigenvalue weighted by atomic mass is 16.2. The maximum absolute atomic E-state index is 13.1. The van der Waals surface area contributed by atoms with Crippen LogP contribution >= 0.6 is 0 Å². The fourth-order valence-corrected chi connectivity index (χ4v) is 5.45. The van der Waals surface area contributed by atoms with E-state index >= 15 is 0 Å². The highest BCUT2D eigenvalue weighted by Crippen LogP contribution is 2.47. The zero-order chi connectivity index (χ0) is 20.6. The number of hydrogen-bond donors (Lipinski definition) is 0. The molecule has 1 atom stereocenters. The standard InChI is InChI=1S/C23H31NO4/c1-14-9-15(2)21(16(3)10-14)22-18(26)12-23(13-19(22)27)5-7-24(8-6-23)20(28)11-17(4)25/h9,16,22H,5-8,10-13H2,1-4H3. The monoisotopic (exact) mass is 385 g/mol. The Hall–Kier alpha value is -2.04. The second-order valence-electron chi connectivity index (χ2n) is 9.21. The van der Waals surface area contributed by atoms with E-state index in [1.165, 1.54) is 12.5 Å². The number of carbonyl (C=O) groups is 4. The molecule has 1 unspecified atom stereocenters. The summed E-state index contributed by atoms with van der Waals surface area (Å²) in [5, 5.41) is 0. The van der Waals surface area contributed by atoms with E-state index in [0.717, 1.165) is 17.6 Å². The van der Waals surface area contributed by atoms with Gasteiger partial charge in [0.25, 0.3) is 0 Å². The molecule has 1 saturated heterocycles. The predicted octanol–water partition coefficient (Wildman–Crippen LogP) is 3.43. The number of amides is 1. The van der Waals surface area contributed by atoms with Crippen LogP contribution in [0.15, 0.2) is 22.8 Å². The van der Waals surface area contributed by atoms with Crippen LogP contribution in [0.4, 0.5) is 0 Å². The van der Waals surface area contributed by atoms with E-state index in [-0.39, 0.29) is 41.0 Å². The molecule has 0 bridgehead atoms. The van der Waals surface area contributed by atoms with Gasteiger partial charge in [-0.05, 0) is 56.9 Å². The van der Waals surface area contributed by atoms with E-state index in [9.17, 15) is 19.2 Å². The van der Waals surface area contributed by atoms with Gasteiger partial charge in [0.1, 0.15) is 17.3 Å². The summed E-state index contributed by atoms with van der Waals surface area (Å²) < 4.78 is 0. The normalized spacial score (nSPS) is 25.9. The molecule has 0 aromatic heterocycles. The van der Waals surface area contributed by atoms with Gasteiger partial charge >= 0.3 is 0 Å². The first-order valence-corrected chi connectivity index (χ1v) is 10.3. The van der Waals surface area contributed by atoms with Crippen LogP contribution in [0.5, 0.6) is 0 Å². The molecular formula is C23H31NO4. The van der Waals surface area contributed by atoms with E-state index in [2.05, 4.69) is 19.9 Å². The lowest BCUT2D eigenvalue weighted by Crippen LogP contribution is -2.49. The lowest BCUT2D eigenvalue weighted by molar-refractivity contribution is -0.142. The van der Waals surface area contributed by atoms with Crippen LogP contribution < -0.4 is 0 Å². The van der Waals surface area contributed by atoms with Gasteiger partial charge in [-0.2, -0.15) is 0 Å². The molecule has 3 rings (SSSR count). The first-order chi connectivity index (χ1) is 13.1. The number of hydrogen-bond acceptors (Lipinski definition) is 4. The molecule has 2 fully saturated rings. The average molecular weight is 386 g/mol. The van der Waals surface area contributed by atoms with E-state index < -0.39 is 5.92 Å². The third-order valence-corrected chi connectivity index (χ3v) is 6.71. The molecule has 3 aliphatic rings. The van der Waals surface area contributed by atoms with Gasteiger partial charge in [-0.15, -0.1) is 0 Å². The van der Waals surface area contributed by atoms with Crippen molar-refractivity contribution in [3.05, 3.63) is 22.8 Å². The van der Waals surface area contributed by atoms with Gasteiger partial charge in [0, 0.05) is 25.9 Å². The molecule has 1 amide bonds. The van der Waals surface area contributed by atoms with E-state index in [1.54, 1.807) is 4.90 Å². The molecule has 152 valence electrons. The minimum atomic E-state index is -0.581. The van der Waals surface area contributed by atoms with Crippen molar-refractivity contribution in [1.82, 2.24) is 4.90 Å². The van der Waals surface area contributed by atoms with Crippen LogP contribution in [0.25, 0.3) is 0 Å². The number of piperidine rings is 1. The van der Waals surface area contributed by atoms with Crippen LogP contribution in [-0.2, 0) is 19.2 Å². The lowest BCUT2D eigenvalue weighted by Gasteiger charge is -2.45. The molecule has 5 heteroatoms. The first-order valence-electron chi connectivity index (χ1n) is 10.3. The molecule has 0 N–H and O–H groups in total. The first kappa shape index (κ1) is 20.7. The summed E-state index contributed by atoms with van der Waals surface area (Å²) in [5.74, 6) is -0.536. The SMILES string of the molecule is CC(=O)CC(=O)N1CCC2(CC1)CC(=O)C(C1=C(C)C=C(C)CC1C)C(=O)C2. The Morgan fingerprint density at radius 2 is 1.68 bits per heavy atom. The van der Waals surface area contributed by atoms with Crippen molar-refractivity contribution in [3.63, 3.8) is 0 Å². The van der Waals surface area contributed by atoms with Crippen LogP contribution in [0.1, 0.15) is 66.2 Å². The predicted molar refractivity (Wildman–Crippen MR) is 107 cm³/mol. The van der Waals surface area contributed by atoms with Gasteiger partial charge in [0.05, 0.1) is 12.3 Å². The lowest BCUT2D eigenvalue weighted by atomic mass is 9.61. The van der Waals surface area contributed by atoms with E-state index in [1.807, 2.05) is 6.92 Å². The number of ketones is 3. The number of Topliss-reactive ketones (excluding diaryl/α,β-unsaturated/α-hetero) is 3. The van der Waals surface area contributed by atoms with Crippen LogP contribution in [0.2, 0.25) is 0 Å². The van der Waals surface area contributed by atoms with E-state index in [4.69, 9.17) is 0 Å². The van der Waals surface area contributed by atoms with Gasteiger partial charge in [-0.3, -0.25) is 19.2 Å². The molecule has 5 nitrogen and oxygen atoms in total. The largest absolute Gasteiger partial charge is 0.342 e. The molecule has 28 heavy (non-hydrogen) atoms. The minimum Gasteiger partial charge on any atom is -0.342 e. The van der Waals surface area contributed by atoms with Crippen molar-refractivity contribution >= 4 is 23.3 Å². The fourth-order valence-electron chi connectivity index (χ4n) is 5.45. The van der Waals surface area contributed by atoms with Crippen molar-refractivity contribution in [2.75, 3.05) is 13.1 Å².